The first-order valence-corrected chi connectivity index (χ1v) is 6.70. The molecule has 2 aromatic rings. The van der Waals surface area contributed by atoms with Crippen LogP contribution in [0.4, 0.5) is 5.69 Å². The van der Waals surface area contributed by atoms with Crippen LogP contribution in [0.5, 0.6) is 0 Å². The summed E-state index contributed by atoms with van der Waals surface area (Å²) in [4.78, 5) is 0. The first kappa shape index (κ1) is 12.6. The van der Waals surface area contributed by atoms with Gasteiger partial charge in [-0.3, -0.25) is 0 Å². The number of fused-ring (bicyclic) bond motifs is 1. The van der Waals surface area contributed by atoms with Gasteiger partial charge in [0.25, 0.3) is 0 Å². The van der Waals surface area contributed by atoms with Gasteiger partial charge in [0.15, 0.2) is 0 Å². The van der Waals surface area contributed by atoms with E-state index in [1.54, 1.807) is 17.1 Å². The third-order valence-electron chi connectivity index (χ3n) is 3.77. The van der Waals surface area contributed by atoms with Gasteiger partial charge < -0.3 is 5.43 Å². The van der Waals surface area contributed by atoms with Crippen LogP contribution in [0.2, 0.25) is 0 Å². The maximum Gasteiger partial charge on any atom is 0.101 e. The quantitative estimate of drug-likeness (QED) is 0.923. The SMILES string of the molecule is CCC(C)N1Cc2c(ccc(C#N)c2-n2ccnn2)N1. The number of hydrogen-bond donors (Lipinski definition) is 1. The van der Waals surface area contributed by atoms with Crippen molar-refractivity contribution in [3.8, 4) is 11.8 Å². The Bertz CT molecular complexity index is 655. The van der Waals surface area contributed by atoms with E-state index in [1.165, 1.54) is 0 Å². The number of hydrogen-bond acceptors (Lipinski definition) is 5. The maximum absolute atomic E-state index is 9.32. The fourth-order valence-corrected chi connectivity index (χ4v) is 2.43. The molecule has 0 amide bonds. The Balaban J connectivity index is 2.08. The summed E-state index contributed by atoms with van der Waals surface area (Å²) in [5.41, 5.74) is 6.96. The summed E-state index contributed by atoms with van der Waals surface area (Å²) in [7, 11) is 0. The van der Waals surface area contributed by atoms with E-state index in [0.29, 0.717) is 11.6 Å². The highest BCUT2D eigenvalue weighted by Crippen LogP contribution is 2.33. The molecule has 6 heteroatoms. The zero-order chi connectivity index (χ0) is 14.1. The molecule has 6 nitrogen and oxygen atoms in total. The highest BCUT2D eigenvalue weighted by Gasteiger charge is 2.26. The van der Waals surface area contributed by atoms with Gasteiger partial charge in [0.1, 0.15) is 6.07 Å². The molecule has 1 unspecified atom stereocenters. The first-order valence-electron chi connectivity index (χ1n) is 6.70. The largest absolute Gasteiger partial charge is 0.318 e. The van der Waals surface area contributed by atoms with Crippen LogP contribution in [0.3, 0.4) is 0 Å². The van der Waals surface area contributed by atoms with Crippen LogP contribution in [0.25, 0.3) is 5.69 Å². The van der Waals surface area contributed by atoms with Gasteiger partial charge in [0.2, 0.25) is 0 Å². The second-order valence-electron chi connectivity index (χ2n) is 4.94. The number of nitrogens with zero attached hydrogens (tertiary/aromatic N) is 5. The highest BCUT2D eigenvalue weighted by molar-refractivity contribution is 5.67. The molecule has 1 atom stereocenters. The molecule has 0 bridgehead atoms. The second kappa shape index (κ2) is 4.94. The van der Waals surface area contributed by atoms with Gasteiger partial charge in [0, 0.05) is 18.2 Å². The molecule has 1 aliphatic rings. The molecule has 102 valence electrons. The summed E-state index contributed by atoms with van der Waals surface area (Å²) in [6.45, 7) is 5.10. The van der Waals surface area contributed by atoms with E-state index >= 15 is 0 Å². The standard InChI is InChI=1S/C14H16N6/c1-3-10(2)20-9-12-13(17-20)5-4-11(8-15)14(12)19-7-6-16-18-19/h4-7,10,17H,3,9H2,1-2H3. The van der Waals surface area contributed by atoms with E-state index in [9.17, 15) is 5.26 Å². The van der Waals surface area contributed by atoms with Crippen LogP contribution in [-0.4, -0.2) is 26.0 Å². The van der Waals surface area contributed by atoms with Crippen LogP contribution in [-0.2, 0) is 6.54 Å². The molecule has 1 N–H and O–H groups in total. The monoisotopic (exact) mass is 268 g/mol. The van der Waals surface area contributed by atoms with Gasteiger partial charge in [0.05, 0.1) is 29.3 Å². The summed E-state index contributed by atoms with van der Waals surface area (Å²) in [6, 6.07) is 6.44. The zero-order valence-electron chi connectivity index (χ0n) is 11.5. The molecular formula is C14H16N6. The number of nitrogens with one attached hydrogen (secondary N) is 1. The minimum absolute atomic E-state index is 0.427. The number of nitriles is 1. The van der Waals surface area contributed by atoms with E-state index in [0.717, 1.165) is 29.9 Å². The lowest BCUT2D eigenvalue weighted by molar-refractivity contribution is 0.256. The molecule has 2 heterocycles. The molecule has 0 saturated carbocycles. The number of anilines is 1. The third-order valence-corrected chi connectivity index (χ3v) is 3.77. The normalized spacial score (nSPS) is 15.4. The van der Waals surface area contributed by atoms with Gasteiger partial charge in [-0.05, 0) is 25.5 Å². The molecular weight excluding hydrogens is 252 g/mol. The van der Waals surface area contributed by atoms with Crippen molar-refractivity contribution >= 4 is 5.69 Å². The van der Waals surface area contributed by atoms with Crippen molar-refractivity contribution in [1.29, 1.82) is 5.26 Å². The fraction of sp³-hybridized carbons (Fsp3) is 0.357. The van der Waals surface area contributed by atoms with Gasteiger partial charge in [-0.1, -0.05) is 12.1 Å². The smallest absolute Gasteiger partial charge is 0.101 e. The van der Waals surface area contributed by atoms with Crippen molar-refractivity contribution < 1.29 is 0 Å². The molecule has 0 spiro atoms. The van der Waals surface area contributed by atoms with Crippen LogP contribution >= 0.6 is 0 Å². The van der Waals surface area contributed by atoms with Crippen molar-refractivity contribution in [3.63, 3.8) is 0 Å². The third kappa shape index (κ3) is 1.92. The van der Waals surface area contributed by atoms with E-state index in [1.807, 2.05) is 12.1 Å². The minimum atomic E-state index is 0.427. The molecule has 0 radical (unpaired) electrons. The van der Waals surface area contributed by atoms with Crippen molar-refractivity contribution in [3.05, 3.63) is 35.7 Å². The van der Waals surface area contributed by atoms with E-state index in [-0.39, 0.29) is 0 Å². The van der Waals surface area contributed by atoms with Gasteiger partial charge in [-0.15, -0.1) is 5.10 Å². The Morgan fingerprint density at radius 3 is 3.00 bits per heavy atom. The Morgan fingerprint density at radius 2 is 2.35 bits per heavy atom. The lowest BCUT2D eigenvalue weighted by Crippen LogP contribution is -2.32. The Kier molecular flexibility index (Phi) is 3.12. The van der Waals surface area contributed by atoms with Gasteiger partial charge in [-0.2, -0.15) is 5.26 Å². The van der Waals surface area contributed by atoms with E-state index in [2.05, 4.69) is 40.7 Å². The Morgan fingerprint density at radius 1 is 1.50 bits per heavy atom. The number of rotatable bonds is 3. The highest BCUT2D eigenvalue weighted by atomic mass is 15.5. The molecule has 3 rings (SSSR count). The Hall–Kier alpha value is -2.39. The Labute approximate surface area is 117 Å². The van der Waals surface area contributed by atoms with Crippen molar-refractivity contribution in [2.24, 2.45) is 0 Å². The summed E-state index contributed by atoms with van der Waals surface area (Å²) >= 11 is 0. The first-order chi connectivity index (χ1) is 9.74. The topological polar surface area (TPSA) is 69.8 Å². The maximum atomic E-state index is 9.32. The summed E-state index contributed by atoms with van der Waals surface area (Å²) in [5.74, 6) is 0. The van der Waals surface area contributed by atoms with Crippen molar-refractivity contribution in [2.75, 3.05) is 5.43 Å². The van der Waals surface area contributed by atoms with E-state index in [4.69, 9.17) is 0 Å². The fourth-order valence-electron chi connectivity index (χ4n) is 2.43. The van der Waals surface area contributed by atoms with Crippen LogP contribution in [0.15, 0.2) is 24.5 Å². The lowest BCUT2D eigenvalue weighted by atomic mass is 10.1. The van der Waals surface area contributed by atoms with Crippen LogP contribution < -0.4 is 5.43 Å². The summed E-state index contributed by atoms with van der Waals surface area (Å²) in [5, 5.41) is 19.4. The number of aromatic nitrogens is 3. The molecule has 1 aromatic carbocycles. The zero-order valence-corrected chi connectivity index (χ0v) is 11.5. The molecule has 0 aliphatic carbocycles. The lowest BCUT2D eigenvalue weighted by Gasteiger charge is -2.22. The second-order valence-corrected chi connectivity index (χ2v) is 4.94. The van der Waals surface area contributed by atoms with Gasteiger partial charge in [-0.25, -0.2) is 9.69 Å². The molecule has 20 heavy (non-hydrogen) atoms. The molecule has 1 aliphatic heterocycles. The average Bonchev–Trinajstić information content (AvgIpc) is 3.13. The average molecular weight is 268 g/mol. The number of benzene rings is 1. The van der Waals surface area contributed by atoms with Crippen molar-refractivity contribution in [2.45, 2.75) is 32.9 Å². The number of hydrazine groups is 1. The van der Waals surface area contributed by atoms with E-state index < -0.39 is 0 Å². The van der Waals surface area contributed by atoms with Gasteiger partial charge >= 0.3 is 0 Å². The van der Waals surface area contributed by atoms with Crippen LogP contribution in [0, 0.1) is 11.3 Å². The summed E-state index contributed by atoms with van der Waals surface area (Å²) in [6.07, 6.45) is 4.45. The summed E-state index contributed by atoms with van der Waals surface area (Å²) < 4.78 is 1.67. The minimum Gasteiger partial charge on any atom is -0.318 e. The van der Waals surface area contributed by atoms with Crippen LogP contribution in [0.1, 0.15) is 31.4 Å². The molecule has 0 saturated heterocycles. The molecule has 1 aromatic heterocycles. The predicted molar refractivity (Wildman–Crippen MR) is 75.0 cm³/mol. The molecule has 0 fully saturated rings. The van der Waals surface area contributed by atoms with Crippen molar-refractivity contribution in [1.82, 2.24) is 20.0 Å². The predicted octanol–water partition coefficient (Wildman–Crippen LogP) is 2.08.